The summed E-state index contributed by atoms with van der Waals surface area (Å²) in [5, 5.41) is 5.55. The van der Waals surface area contributed by atoms with Crippen LogP contribution < -0.4 is 0 Å². The molecule has 0 aliphatic rings. The van der Waals surface area contributed by atoms with Gasteiger partial charge in [0.05, 0.1) is 0 Å². The molecule has 0 aliphatic carbocycles. The van der Waals surface area contributed by atoms with Gasteiger partial charge in [0.1, 0.15) is 0 Å². The lowest BCUT2D eigenvalue weighted by Crippen LogP contribution is -1.94. The van der Waals surface area contributed by atoms with Crippen LogP contribution >= 0.6 is 0 Å². The summed E-state index contributed by atoms with van der Waals surface area (Å²) in [6.07, 6.45) is 2.21. The molecule has 0 radical (unpaired) electrons. The van der Waals surface area contributed by atoms with E-state index in [0.29, 0.717) is 0 Å². The molecule has 3 aromatic carbocycles. The van der Waals surface area contributed by atoms with Crippen molar-refractivity contribution in [2.75, 3.05) is 0 Å². The van der Waals surface area contributed by atoms with E-state index in [4.69, 9.17) is 0 Å². The third-order valence-electron chi connectivity index (χ3n) is 4.58. The van der Waals surface area contributed by atoms with Gasteiger partial charge in [0.2, 0.25) is 0 Å². The fourth-order valence-electron chi connectivity index (χ4n) is 3.41. The normalized spacial score (nSPS) is 11.4. The molecule has 3 rings (SSSR count). The van der Waals surface area contributed by atoms with Gasteiger partial charge in [-0.05, 0) is 70.5 Å². The van der Waals surface area contributed by atoms with Crippen molar-refractivity contribution in [1.82, 2.24) is 0 Å². The molecule has 0 nitrogen and oxygen atoms in total. The molecule has 0 atom stereocenters. The van der Waals surface area contributed by atoms with Crippen molar-refractivity contribution in [3.8, 4) is 0 Å². The lowest BCUT2D eigenvalue weighted by molar-refractivity contribution is 1.09. The quantitative estimate of drug-likeness (QED) is 0.517. The lowest BCUT2D eigenvalue weighted by atomic mass is 9.91. The smallest absolute Gasteiger partial charge is 0.00999 e. The molecule has 0 heteroatoms. The molecule has 0 saturated carbocycles. The predicted molar refractivity (Wildman–Crippen MR) is 89.7 cm³/mol. The minimum atomic E-state index is 1.10. The molecule has 0 unspecified atom stereocenters. The summed E-state index contributed by atoms with van der Waals surface area (Å²) in [5.41, 5.74) is 5.78. The highest BCUT2D eigenvalue weighted by Gasteiger charge is 2.09. The van der Waals surface area contributed by atoms with Gasteiger partial charge < -0.3 is 0 Å². The first kappa shape index (κ1) is 13.2. The van der Waals surface area contributed by atoms with Crippen molar-refractivity contribution in [1.29, 1.82) is 0 Å². The molecule has 0 heterocycles. The molecule has 0 aromatic heterocycles. The van der Waals surface area contributed by atoms with Crippen LogP contribution in [0.1, 0.15) is 36.1 Å². The van der Waals surface area contributed by atoms with E-state index in [-0.39, 0.29) is 0 Å². The number of hydrogen-bond acceptors (Lipinski definition) is 0. The van der Waals surface area contributed by atoms with Gasteiger partial charge in [-0.15, -0.1) is 0 Å². The average Bonchev–Trinajstić information content (AvgIpc) is 2.46. The van der Waals surface area contributed by atoms with Crippen LogP contribution in [0.4, 0.5) is 0 Å². The number of hydrogen-bond donors (Lipinski definition) is 0. The summed E-state index contributed by atoms with van der Waals surface area (Å²) < 4.78 is 0. The lowest BCUT2D eigenvalue weighted by Gasteiger charge is -2.14. The number of rotatable bonds is 2. The van der Waals surface area contributed by atoms with Crippen LogP contribution in [-0.4, -0.2) is 0 Å². The number of fused-ring (bicyclic) bond motifs is 3. The Kier molecular flexibility index (Phi) is 3.25. The summed E-state index contributed by atoms with van der Waals surface area (Å²) in [6.45, 7) is 8.96. The Bertz CT molecular complexity index is 794. The van der Waals surface area contributed by atoms with Crippen LogP contribution in [-0.2, 0) is 12.8 Å². The van der Waals surface area contributed by atoms with Gasteiger partial charge in [-0.3, -0.25) is 0 Å². The first-order chi connectivity index (χ1) is 9.65. The SMILES string of the molecule is CCc1ccc2c(ccc3c(C)c(CC)c(C)cc32)c1. The number of benzene rings is 3. The Balaban J connectivity index is 2.42. The van der Waals surface area contributed by atoms with Crippen LogP contribution in [0.5, 0.6) is 0 Å². The van der Waals surface area contributed by atoms with E-state index in [9.17, 15) is 0 Å². The zero-order chi connectivity index (χ0) is 14.3. The van der Waals surface area contributed by atoms with Crippen molar-refractivity contribution in [2.45, 2.75) is 40.5 Å². The molecule has 0 bridgehead atoms. The van der Waals surface area contributed by atoms with Crippen LogP contribution in [0.15, 0.2) is 36.4 Å². The van der Waals surface area contributed by atoms with E-state index in [2.05, 4.69) is 64.1 Å². The standard InChI is InChI=1S/C20H22/c1-5-15-7-9-19-16(12-15)8-10-18-14(4)17(6-2)13(3)11-20(18)19/h7-12H,5-6H2,1-4H3. The minimum absolute atomic E-state index is 1.10. The molecule has 0 fully saturated rings. The van der Waals surface area contributed by atoms with E-state index < -0.39 is 0 Å². The summed E-state index contributed by atoms with van der Waals surface area (Å²) in [6, 6.07) is 13.8. The van der Waals surface area contributed by atoms with E-state index >= 15 is 0 Å². The van der Waals surface area contributed by atoms with E-state index in [1.165, 1.54) is 43.8 Å². The molecule has 20 heavy (non-hydrogen) atoms. The maximum Gasteiger partial charge on any atom is -0.00999 e. The van der Waals surface area contributed by atoms with Crippen LogP contribution in [0, 0.1) is 13.8 Å². The summed E-state index contributed by atoms with van der Waals surface area (Å²) in [7, 11) is 0. The Morgan fingerprint density at radius 1 is 0.750 bits per heavy atom. The van der Waals surface area contributed by atoms with Crippen LogP contribution in [0.25, 0.3) is 21.5 Å². The van der Waals surface area contributed by atoms with Crippen LogP contribution in [0.3, 0.4) is 0 Å². The van der Waals surface area contributed by atoms with E-state index in [0.717, 1.165) is 12.8 Å². The van der Waals surface area contributed by atoms with E-state index in [1.807, 2.05) is 0 Å². The monoisotopic (exact) mass is 262 g/mol. The molecule has 0 N–H and O–H groups in total. The van der Waals surface area contributed by atoms with Gasteiger partial charge in [-0.2, -0.15) is 0 Å². The third-order valence-corrected chi connectivity index (χ3v) is 4.58. The zero-order valence-electron chi connectivity index (χ0n) is 12.9. The molecular formula is C20H22. The molecule has 3 aromatic rings. The van der Waals surface area contributed by atoms with Crippen molar-refractivity contribution >= 4 is 21.5 Å². The maximum atomic E-state index is 2.37. The third kappa shape index (κ3) is 1.91. The fourth-order valence-corrected chi connectivity index (χ4v) is 3.41. The molecular weight excluding hydrogens is 240 g/mol. The predicted octanol–water partition coefficient (Wildman–Crippen LogP) is 5.73. The van der Waals surface area contributed by atoms with Gasteiger partial charge >= 0.3 is 0 Å². The molecule has 0 amide bonds. The Morgan fingerprint density at radius 3 is 2.20 bits per heavy atom. The average molecular weight is 262 g/mol. The summed E-state index contributed by atoms with van der Waals surface area (Å²) in [5.74, 6) is 0. The largest absolute Gasteiger partial charge is 0.0613 e. The molecule has 0 saturated heterocycles. The second-order valence-corrected chi connectivity index (χ2v) is 5.72. The number of aryl methyl sites for hydroxylation is 3. The fraction of sp³-hybridized carbons (Fsp3) is 0.300. The van der Waals surface area contributed by atoms with Crippen molar-refractivity contribution in [3.05, 3.63) is 58.7 Å². The highest BCUT2D eigenvalue weighted by Crippen LogP contribution is 2.32. The van der Waals surface area contributed by atoms with Crippen molar-refractivity contribution < 1.29 is 0 Å². The molecule has 0 aliphatic heterocycles. The van der Waals surface area contributed by atoms with Gasteiger partial charge in [0.25, 0.3) is 0 Å². The first-order valence-electron chi connectivity index (χ1n) is 7.60. The Morgan fingerprint density at radius 2 is 1.50 bits per heavy atom. The van der Waals surface area contributed by atoms with Crippen molar-refractivity contribution in [2.24, 2.45) is 0 Å². The Labute approximate surface area is 121 Å². The highest BCUT2D eigenvalue weighted by atomic mass is 14.1. The highest BCUT2D eigenvalue weighted by molar-refractivity contribution is 6.09. The Hall–Kier alpha value is -1.82. The van der Waals surface area contributed by atoms with Gasteiger partial charge in [0.15, 0.2) is 0 Å². The second kappa shape index (κ2) is 4.94. The summed E-state index contributed by atoms with van der Waals surface area (Å²) in [4.78, 5) is 0. The van der Waals surface area contributed by atoms with E-state index in [1.54, 1.807) is 0 Å². The minimum Gasteiger partial charge on any atom is -0.0613 e. The zero-order valence-corrected chi connectivity index (χ0v) is 12.9. The van der Waals surface area contributed by atoms with Gasteiger partial charge in [0, 0.05) is 0 Å². The molecule has 102 valence electrons. The summed E-state index contributed by atoms with van der Waals surface area (Å²) >= 11 is 0. The van der Waals surface area contributed by atoms with Gasteiger partial charge in [-0.25, -0.2) is 0 Å². The first-order valence-corrected chi connectivity index (χ1v) is 7.60. The maximum absolute atomic E-state index is 2.37. The topological polar surface area (TPSA) is 0 Å². The molecule has 0 spiro atoms. The van der Waals surface area contributed by atoms with Gasteiger partial charge in [-0.1, -0.05) is 50.2 Å². The second-order valence-electron chi connectivity index (χ2n) is 5.72. The van der Waals surface area contributed by atoms with Crippen LogP contribution in [0.2, 0.25) is 0 Å². The van der Waals surface area contributed by atoms with Crippen molar-refractivity contribution in [3.63, 3.8) is 0 Å².